The van der Waals surface area contributed by atoms with Gasteiger partial charge in [-0.1, -0.05) is 41.1 Å². The summed E-state index contributed by atoms with van der Waals surface area (Å²) in [5.41, 5.74) is 3.53. The first kappa shape index (κ1) is 18.2. The van der Waals surface area contributed by atoms with E-state index in [4.69, 9.17) is 0 Å². The van der Waals surface area contributed by atoms with Crippen LogP contribution in [0.4, 0.5) is 11.4 Å². The first-order chi connectivity index (χ1) is 11.4. The minimum absolute atomic E-state index is 0.0180. The second-order valence-electron chi connectivity index (χ2n) is 5.59. The molecule has 0 saturated carbocycles. The van der Waals surface area contributed by atoms with E-state index >= 15 is 0 Å². The Hall–Kier alpha value is -2.14. The van der Waals surface area contributed by atoms with Gasteiger partial charge in [-0.05, 0) is 48.7 Å². The smallest absolute Gasteiger partial charge is 0.244 e. The summed E-state index contributed by atoms with van der Waals surface area (Å²) < 4.78 is 0.938. The fraction of sp³-hybridized carbons (Fsp3) is 0.263. The molecule has 2 aromatic carbocycles. The predicted octanol–water partition coefficient (Wildman–Crippen LogP) is 4.31. The van der Waals surface area contributed by atoms with Gasteiger partial charge in [-0.2, -0.15) is 0 Å². The van der Waals surface area contributed by atoms with Gasteiger partial charge in [0.25, 0.3) is 0 Å². The monoisotopic (exact) mass is 388 g/mol. The lowest BCUT2D eigenvalue weighted by Crippen LogP contribution is -2.37. The van der Waals surface area contributed by atoms with Crippen LogP contribution in [0.5, 0.6) is 0 Å². The van der Waals surface area contributed by atoms with Crippen LogP contribution >= 0.6 is 15.9 Å². The Morgan fingerprint density at radius 3 is 2.50 bits per heavy atom. The van der Waals surface area contributed by atoms with Crippen LogP contribution in [-0.2, 0) is 16.0 Å². The standard InChI is InChI=1S/C19H21BrN2O2/c1-4-15-7-5-6-8-17(15)21-19(24)12-22(14(3)23)18-10-9-16(20)11-13(18)2/h5-11H,4,12H2,1-3H3,(H,21,24). The minimum Gasteiger partial charge on any atom is -0.324 e. The van der Waals surface area contributed by atoms with Gasteiger partial charge in [-0.15, -0.1) is 0 Å². The second kappa shape index (κ2) is 8.11. The Balaban J connectivity index is 2.19. The number of hydrogen-bond acceptors (Lipinski definition) is 2. The van der Waals surface area contributed by atoms with Crippen LogP contribution in [0, 0.1) is 6.92 Å². The van der Waals surface area contributed by atoms with E-state index in [0.717, 1.165) is 33.4 Å². The highest BCUT2D eigenvalue weighted by Gasteiger charge is 2.18. The maximum absolute atomic E-state index is 12.4. The van der Waals surface area contributed by atoms with Gasteiger partial charge >= 0.3 is 0 Å². The normalized spacial score (nSPS) is 10.3. The van der Waals surface area contributed by atoms with Crippen molar-refractivity contribution in [3.05, 3.63) is 58.1 Å². The summed E-state index contributed by atoms with van der Waals surface area (Å²) in [5.74, 6) is -0.382. The number of rotatable bonds is 5. The molecule has 2 amide bonds. The number of anilines is 2. The molecule has 2 rings (SSSR count). The Bertz CT molecular complexity index is 759. The highest BCUT2D eigenvalue weighted by molar-refractivity contribution is 9.10. The maximum Gasteiger partial charge on any atom is 0.244 e. The highest BCUT2D eigenvalue weighted by Crippen LogP contribution is 2.24. The van der Waals surface area contributed by atoms with E-state index in [9.17, 15) is 9.59 Å². The molecule has 24 heavy (non-hydrogen) atoms. The summed E-state index contributed by atoms with van der Waals surface area (Å²) in [5, 5.41) is 2.91. The van der Waals surface area contributed by atoms with Gasteiger partial charge in [0.2, 0.25) is 11.8 Å². The number of para-hydroxylation sites is 1. The van der Waals surface area contributed by atoms with Crippen molar-refractivity contribution in [3.8, 4) is 0 Å². The predicted molar refractivity (Wildman–Crippen MR) is 101 cm³/mol. The number of halogens is 1. The Morgan fingerprint density at radius 2 is 1.88 bits per heavy atom. The van der Waals surface area contributed by atoms with Crippen molar-refractivity contribution in [2.24, 2.45) is 0 Å². The van der Waals surface area contributed by atoms with Crippen LogP contribution in [0.1, 0.15) is 25.0 Å². The highest BCUT2D eigenvalue weighted by atomic mass is 79.9. The molecular weight excluding hydrogens is 368 g/mol. The van der Waals surface area contributed by atoms with E-state index < -0.39 is 0 Å². The molecule has 0 aliphatic heterocycles. The average Bonchev–Trinajstić information content (AvgIpc) is 2.53. The van der Waals surface area contributed by atoms with Crippen LogP contribution in [0.3, 0.4) is 0 Å². The Morgan fingerprint density at radius 1 is 1.17 bits per heavy atom. The lowest BCUT2D eigenvalue weighted by Gasteiger charge is -2.23. The number of nitrogens with zero attached hydrogens (tertiary/aromatic N) is 1. The van der Waals surface area contributed by atoms with Crippen LogP contribution in [-0.4, -0.2) is 18.4 Å². The van der Waals surface area contributed by atoms with E-state index in [2.05, 4.69) is 21.2 Å². The molecule has 0 aliphatic carbocycles. The summed E-state index contributed by atoms with van der Waals surface area (Å²) in [4.78, 5) is 26.0. The lowest BCUT2D eigenvalue weighted by molar-refractivity contribution is -0.120. The van der Waals surface area contributed by atoms with Crippen LogP contribution in [0.2, 0.25) is 0 Å². The van der Waals surface area contributed by atoms with Gasteiger partial charge in [0.05, 0.1) is 0 Å². The van der Waals surface area contributed by atoms with Gasteiger partial charge in [0.1, 0.15) is 6.54 Å². The first-order valence-electron chi connectivity index (χ1n) is 7.84. The van der Waals surface area contributed by atoms with E-state index in [1.807, 2.05) is 56.3 Å². The van der Waals surface area contributed by atoms with Crippen molar-refractivity contribution < 1.29 is 9.59 Å². The number of carbonyl (C=O) groups excluding carboxylic acids is 2. The van der Waals surface area contributed by atoms with Crippen LogP contribution in [0.15, 0.2) is 46.9 Å². The summed E-state index contributed by atoms with van der Waals surface area (Å²) in [6.07, 6.45) is 0.832. The third-order valence-corrected chi connectivity index (χ3v) is 4.30. The largest absolute Gasteiger partial charge is 0.324 e. The van der Waals surface area contributed by atoms with Crippen molar-refractivity contribution in [1.29, 1.82) is 0 Å². The number of amides is 2. The number of aryl methyl sites for hydroxylation is 2. The minimum atomic E-state index is -0.214. The van der Waals surface area contributed by atoms with E-state index in [1.54, 1.807) is 0 Å². The summed E-state index contributed by atoms with van der Waals surface area (Å²) >= 11 is 3.41. The van der Waals surface area contributed by atoms with Gasteiger partial charge in [0.15, 0.2) is 0 Å². The van der Waals surface area contributed by atoms with Gasteiger partial charge < -0.3 is 10.2 Å². The van der Waals surface area contributed by atoms with Crippen molar-refractivity contribution in [2.75, 3.05) is 16.8 Å². The Kier molecular flexibility index (Phi) is 6.15. The molecule has 0 aromatic heterocycles. The molecule has 0 heterocycles. The lowest BCUT2D eigenvalue weighted by atomic mass is 10.1. The average molecular weight is 389 g/mol. The zero-order valence-corrected chi connectivity index (χ0v) is 15.7. The summed E-state index contributed by atoms with van der Waals surface area (Å²) in [6.45, 7) is 5.41. The molecule has 0 bridgehead atoms. The second-order valence-corrected chi connectivity index (χ2v) is 6.51. The molecule has 0 aliphatic rings. The molecule has 1 N–H and O–H groups in total. The quantitative estimate of drug-likeness (QED) is 0.829. The van der Waals surface area contributed by atoms with Crippen LogP contribution < -0.4 is 10.2 Å². The van der Waals surface area contributed by atoms with Gasteiger partial charge in [-0.25, -0.2) is 0 Å². The zero-order valence-electron chi connectivity index (χ0n) is 14.1. The topological polar surface area (TPSA) is 49.4 Å². The molecule has 126 valence electrons. The zero-order chi connectivity index (χ0) is 17.7. The molecule has 0 fully saturated rings. The third-order valence-electron chi connectivity index (χ3n) is 3.80. The van der Waals surface area contributed by atoms with Crippen molar-refractivity contribution >= 4 is 39.1 Å². The SMILES string of the molecule is CCc1ccccc1NC(=O)CN(C(C)=O)c1ccc(Br)cc1C. The number of carbonyl (C=O) groups is 2. The summed E-state index contributed by atoms with van der Waals surface area (Å²) in [7, 11) is 0. The van der Waals surface area contributed by atoms with Crippen LogP contribution in [0.25, 0.3) is 0 Å². The van der Waals surface area contributed by atoms with Gasteiger partial charge in [0, 0.05) is 22.8 Å². The van der Waals surface area contributed by atoms with Crippen molar-refractivity contribution in [1.82, 2.24) is 0 Å². The third kappa shape index (κ3) is 4.45. The fourth-order valence-corrected chi connectivity index (χ4v) is 3.05. The van der Waals surface area contributed by atoms with E-state index in [0.29, 0.717) is 0 Å². The molecular formula is C19H21BrN2O2. The fourth-order valence-electron chi connectivity index (χ4n) is 2.57. The number of nitrogens with one attached hydrogen (secondary N) is 1. The maximum atomic E-state index is 12.4. The summed E-state index contributed by atoms with van der Waals surface area (Å²) in [6, 6.07) is 13.3. The first-order valence-corrected chi connectivity index (χ1v) is 8.63. The molecule has 0 spiro atoms. The molecule has 0 atom stereocenters. The van der Waals surface area contributed by atoms with Gasteiger partial charge in [-0.3, -0.25) is 9.59 Å². The molecule has 2 aromatic rings. The molecule has 4 nitrogen and oxygen atoms in total. The molecule has 0 radical (unpaired) electrons. The van der Waals surface area contributed by atoms with E-state index in [1.165, 1.54) is 11.8 Å². The van der Waals surface area contributed by atoms with Crippen molar-refractivity contribution in [2.45, 2.75) is 27.2 Å². The molecule has 5 heteroatoms. The van der Waals surface area contributed by atoms with E-state index in [-0.39, 0.29) is 18.4 Å². The number of hydrogen-bond donors (Lipinski definition) is 1. The molecule has 0 unspecified atom stereocenters. The molecule has 0 saturated heterocycles. The Labute approximate surface area is 151 Å². The number of benzene rings is 2. The van der Waals surface area contributed by atoms with Crippen molar-refractivity contribution in [3.63, 3.8) is 0 Å².